The number of ketones is 1. The summed E-state index contributed by atoms with van der Waals surface area (Å²) in [5, 5.41) is 0.180. The molecule has 0 heterocycles. The van der Waals surface area contributed by atoms with Crippen LogP contribution >= 0.6 is 11.6 Å². The van der Waals surface area contributed by atoms with Crippen molar-refractivity contribution in [1.29, 1.82) is 0 Å². The van der Waals surface area contributed by atoms with Crippen LogP contribution in [0.15, 0.2) is 30.3 Å². The number of aryl methyl sites for hydroxylation is 1. The minimum absolute atomic E-state index is 0.0190. The lowest BCUT2D eigenvalue weighted by atomic mass is 10.00. The van der Waals surface area contributed by atoms with Gasteiger partial charge in [-0.15, -0.1) is 0 Å². The summed E-state index contributed by atoms with van der Waals surface area (Å²) in [6, 6.07) is 7.42. The SMILES string of the molecule is COc1ccc(C(=O)c2cc(C)ccc2F)c(OC)c1Cl. The Hall–Kier alpha value is -2.07. The molecule has 0 fully saturated rings. The first-order chi connectivity index (χ1) is 9.99. The predicted molar refractivity (Wildman–Crippen MR) is 79.1 cm³/mol. The van der Waals surface area contributed by atoms with Gasteiger partial charge in [-0.1, -0.05) is 23.2 Å². The van der Waals surface area contributed by atoms with Crippen molar-refractivity contribution in [3.8, 4) is 11.5 Å². The Kier molecular flexibility index (Phi) is 4.48. The summed E-state index contributed by atoms with van der Waals surface area (Å²) in [4.78, 5) is 12.5. The maximum Gasteiger partial charge on any atom is 0.199 e. The van der Waals surface area contributed by atoms with E-state index in [-0.39, 0.29) is 21.9 Å². The number of halogens is 2. The largest absolute Gasteiger partial charge is 0.495 e. The Labute approximate surface area is 127 Å². The van der Waals surface area contributed by atoms with Crippen molar-refractivity contribution < 1.29 is 18.7 Å². The Balaban J connectivity index is 2.58. The molecule has 0 unspecified atom stereocenters. The van der Waals surface area contributed by atoms with Crippen molar-refractivity contribution in [2.24, 2.45) is 0 Å². The van der Waals surface area contributed by atoms with Crippen LogP contribution in [0.3, 0.4) is 0 Å². The summed E-state index contributed by atoms with van der Waals surface area (Å²) in [7, 11) is 2.85. The molecule has 3 nitrogen and oxygen atoms in total. The molecule has 0 aliphatic heterocycles. The molecule has 0 aromatic heterocycles. The highest BCUT2D eigenvalue weighted by molar-refractivity contribution is 6.34. The fourth-order valence-corrected chi connectivity index (χ4v) is 2.35. The number of rotatable bonds is 4. The maximum absolute atomic E-state index is 13.9. The summed E-state index contributed by atoms with van der Waals surface area (Å²) in [5.41, 5.74) is 0.959. The van der Waals surface area contributed by atoms with Crippen LogP contribution in [0.25, 0.3) is 0 Å². The molecule has 0 saturated heterocycles. The minimum atomic E-state index is -0.584. The van der Waals surface area contributed by atoms with E-state index in [0.29, 0.717) is 5.75 Å². The van der Waals surface area contributed by atoms with Gasteiger partial charge in [-0.25, -0.2) is 4.39 Å². The van der Waals surface area contributed by atoms with Gasteiger partial charge in [0.15, 0.2) is 11.5 Å². The van der Waals surface area contributed by atoms with Gasteiger partial charge in [0, 0.05) is 0 Å². The van der Waals surface area contributed by atoms with E-state index >= 15 is 0 Å². The number of hydrogen-bond donors (Lipinski definition) is 0. The van der Waals surface area contributed by atoms with E-state index in [0.717, 1.165) is 5.56 Å². The van der Waals surface area contributed by atoms with Gasteiger partial charge >= 0.3 is 0 Å². The molecule has 0 aliphatic carbocycles. The first kappa shape index (κ1) is 15.3. The van der Waals surface area contributed by atoms with Gasteiger partial charge in [0.2, 0.25) is 0 Å². The minimum Gasteiger partial charge on any atom is -0.495 e. The van der Waals surface area contributed by atoms with Gasteiger partial charge in [-0.05, 0) is 31.2 Å². The van der Waals surface area contributed by atoms with Crippen LogP contribution in [0.1, 0.15) is 21.5 Å². The standard InChI is InChI=1S/C16H14ClFO3/c1-9-4-6-12(18)11(8-9)15(19)10-5-7-13(20-2)14(17)16(10)21-3/h4-8H,1-3H3. The number of ether oxygens (including phenoxy) is 2. The zero-order valence-corrected chi connectivity index (χ0v) is 12.6. The number of methoxy groups -OCH3 is 2. The smallest absolute Gasteiger partial charge is 0.199 e. The second-order valence-corrected chi connectivity index (χ2v) is 4.85. The van der Waals surface area contributed by atoms with Crippen LogP contribution < -0.4 is 9.47 Å². The molecule has 5 heteroatoms. The lowest BCUT2D eigenvalue weighted by Crippen LogP contribution is -2.07. The summed E-state index contributed by atoms with van der Waals surface area (Å²) in [5.74, 6) is -0.520. The van der Waals surface area contributed by atoms with Gasteiger partial charge in [0.1, 0.15) is 16.6 Å². The molecular formula is C16H14ClFO3. The summed E-state index contributed by atoms with van der Waals surface area (Å²) in [6.45, 7) is 1.79. The molecule has 0 saturated carbocycles. The predicted octanol–water partition coefficient (Wildman–Crippen LogP) is 4.04. The molecule has 0 amide bonds. The van der Waals surface area contributed by atoms with Crippen LogP contribution in [0, 0.1) is 12.7 Å². The second kappa shape index (κ2) is 6.14. The third kappa shape index (κ3) is 2.85. The van der Waals surface area contributed by atoms with Crippen molar-refractivity contribution in [2.75, 3.05) is 14.2 Å². The Morgan fingerprint density at radius 1 is 1.10 bits per heavy atom. The highest BCUT2D eigenvalue weighted by Gasteiger charge is 2.22. The lowest BCUT2D eigenvalue weighted by molar-refractivity contribution is 0.103. The van der Waals surface area contributed by atoms with Crippen LogP contribution in [0.2, 0.25) is 5.02 Å². The lowest BCUT2D eigenvalue weighted by Gasteiger charge is -2.13. The van der Waals surface area contributed by atoms with Crippen LogP contribution in [0.5, 0.6) is 11.5 Å². The van der Waals surface area contributed by atoms with E-state index in [1.54, 1.807) is 19.1 Å². The topological polar surface area (TPSA) is 35.5 Å². The molecular weight excluding hydrogens is 295 g/mol. The Morgan fingerprint density at radius 3 is 2.43 bits per heavy atom. The Morgan fingerprint density at radius 2 is 1.81 bits per heavy atom. The second-order valence-electron chi connectivity index (χ2n) is 4.48. The monoisotopic (exact) mass is 308 g/mol. The maximum atomic E-state index is 13.9. The van der Waals surface area contributed by atoms with Crippen molar-refractivity contribution in [2.45, 2.75) is 6.92 Å². The fourth-order valence-electron chi connectivity index (χ4n) is 2.03. The van der Waals surface area contributed by atoms with Gasteiger partial charge in [-0.2, -0.15) is 0 Å². The van der Waals surface area contributed by atoms with Crippen LogP contribution in [0.4, 0.5) is 4.39 Å². The normalized spacial score (nSPS) is 10.3. The van der Waals surface area contributed by atoms with E-state index < -0.39 is 11.6 Å². The van der Waals surface area contributed by atoms with E-state index in [1.807, 2.05) is 0 Å². The quantitative estimate of drug-likeness (QED) is 0.800. The average molecular weight is 309 g/mol. The first-order valence-corrected chi connectivity index (χ1v) is 6.58. The fraction of sp³-hybridized carbons (Fsp3) is 0.188. The Bertz CT molecular complexity index is 698. The molecule has 2 rings (SSSR count). The average Bonchev–Trinajstić information content (AvgIpc) is 2.48. The zero-order valence-electron chi connectivity index (χ0n) is 11.9. The highest BCUT2D eigenvalue weighted by Crippen LogP contribution is 2.37. The molecule has 110 valence electrons. The molecule has 2 aromatic rings. The molecule has 0 atom stereocenters. The van der Waals surface area contributed by atoms with E-state index in [2.05, 4.69) is 0 Å². The van der Waals surface area contributed by atoms with Gasteiger partial charge in [-0.3, -0.25) is 4.79 Å². The zero-order chi connectivity index (χ0) is 15.6. The molecule has 0 bridgehead atoms. The van der Waals surface area contributed by atoms with Gasteiger partial charge in [0.05, 0.1) is 25.3 Å². The van der Waals surface area contributed by atoms with Crippen LogP contribution in [-0.2, 0) is 0 Å². The third-order valence-corrected chi connectivity index (χ3v) is 3.45. The molecule has 0 radical (unpaired) electrons. The van der Waals surface area contributed by atoms with Crippen molar-refractivity contribution in [1.82, 2.24) is 0 Å². The summed E-state index contributed by atoms with van der Waals surface area (Å²) in [6.07, 6.45) is 0. The molecule has 0 N–H and O–H groups in total. The number of hydrogen-bond acceptors (Lipinski definition) is 3. The third-order valence-electron chi connectivity index (χ3n) is 3.10. The van der Waals surface area contributed by atoms with Crippen molar-refractivity contribution >= 4 is 17.4 Å². The van der Waals surface area contributed by atoms with E-state index in [1.165, 1.54) is 32.4 Å². The molecule has 0 aliphatic rings. The molecule has 0 spiro atoms. The van der Waals surface area contributed by atoms with E-state index in [9.17, 15) is 9.18 Å². The first-order valence-electron chi connectivity index (χ1n) is 6.21. The number of benzene rings is 2. The summed E-state index contributed by atoms with van der Waals surface area (Å²) < 4.78 is 24.1. The van der Waals surface area contributed by atoms with Gasteiger partial charge < -0.3 is 9.47 Å². The van der Waals surface area contributed by atoms with Crippen molar-refractivity contribution in [3.05, 3.63) is 57.9 Å². The molecule has 2 aromatic carbocycles. The number of carbonyl (C=O) groups excluding carboxylic acids is 1. The van der Waals surface area contributed by atoms with Crippen molar-refractivity contribution in [3.63, 3.8) is 0 Å². The summed E-state index contributed by atoms with van der Waals surface area (Å²) >= 11 is 6.12. The van der Waals surface area contributed by atoms with Gasteiger partial charge in [0.25, 0.3) is 0 Å². The highest BCUT2D eigenvalue weighted by atomic mass is 35.5. The van der Waals surface area contributed by atoms with Crippen LogP contribution in [-0.4, -0.2) is 20.0 Å². The molecule has 21 heavy (non-hydrogen) atoms. The number of carbonyl (C=O) groups is 1. The van der Waals surface area contributed by atoms with E-state index in [4.69, 9.17) is 21.1 Å².